The third-order valence-corrected chi connectivity index (χ3v) is 5.46. The standard InChI is InChI=1S/C14H21N3OS/c1-9-7-17(8-10(2)16(9)3)14(18)12-6-15-13(19-12)11-4-5-11/h6,9-11H,4-5,7-8H2,1-3H3. The molecule has 0 bridgehead atoms. The zero-order valence-electron chi connectivity index (χ0n) is 11.8. The minimum atomic E-state index is 0.163. The Balaban J connectivity index is 1.72. The summed E-state index contributed by atoms with van der Waals surface area (Å²) in [5.74, 6) is 0.799. The number of aromatic nitrogens is 1. The minimum absolute atomic E-state index is 0.163. The van der Waals surface area contributed by atoms with Crippen molar-refractivity contribution in [1.29, 1.82) is 0 Å². The normalized spacial score (nSPS) is 28.7. The van der Waals surface area contributed by atoms with Gasteiger partial charge in [0.05, 0.1) is 11.2 Å². The maximum absolute atomic E-state index is 12.5. The highest BCUT2D eigenvalue weighted by Crippen LogP contribution is 2.41. The van der Waals surface area contributed by atoms with Crippen LogP contribution in [0, 0.1) is 0 Å². The molecule has 2 unspecified atom stereocenters. The van der Waals surface area contributed by atoms with E-state index in [2.05, 4.69) is 30.8 Å². The molecule has 19 heavy (non-hydrogen) atoms. The fraction of sp³-hybridized carbons (Fsp3) is 0.714. The number of amides is 1. The average molecular weight is 279 g/mol. The molecule has 2 heterocycles. The monoisotopic (exact) mass is 279 g/mol. The van der Waals surface area contributed by atoms with Crippen LogP contribution >= 0.6 is 11.3 Å². The zero-order chi connectivity index (χ0) is 13.6. The van der Waals surface area contributed by atoms with Crippen LogP contribution in [0.15, 0.2) is 6.20 Å². The van der Waals surface area contributed by atoms with Crippen LogP contribution in [0.1, 0.15) is 47.3 Å². The molecule has 1 aromatic heterocycles. The number of hydrogen-bond donors (Lipinski definition) is 0. The van der Waals surface area contributed by atoms with E-state index in [1.54, 1.807) is 17.5 Å². The van der Waals surface area contributed by atoms with Gasteiger partial charge in [0.2, 0.25) is 0 Å². The van der Waals surface area contributed by atoms with Gasteiger partial charge in [0, 0.05) is 31.1 Å². The van der Waals surface area contributed by atoms with Gasteiger partial charge in [-0.2, -0.15) is 0 Å². The molecule has 5 heteroatoms. The largest absolute Gasteiger partial charge is 0.335 e. The second-order valence-electron chi connectivity index (χ2n) is 5.91. The highest BCUT2D eigenvalue weighted by atomic mass is 32.1. The van der Waals surface area contributed by atoms with Gasteiger partial charge in [-0.3, -0.25) is 9.69 Å². The molecule has 3 rings (SSSR count). The number of rotatable bonds is 2. The predicted molar refractivity (Wildman–Crippen MR) is 76.7 cm³/mol. The maximum Gasteiger partial charge on any atom is 0.265 e. The summed E-state index contributed by atoms with van der Waals surface area (Å²) in [6.07, 6.45) is 4.25. The summed E-state index contributed by atoms with van der Waals surface area (Å²) in [7, 11) is 2.13. The van der Waals surface area contributed by atoms with Crippen LogP contribution in [0.25, 0.3) is 0 Å². The molecule has 2 fully saturated rings. The summed E-state index contributed by atoms with van der Waals surface area (Å²) < 4.78 is 0. The molecule has 1 aliphatic heterocycles. The van der Waals surface area contributed by atoms with Crippen LogP contribution in [-0.2, 0) is 0 Å². The van der Waals surface area contributed by atoms with Crippen LogP contribution < -0.4 is 0 Å². The van der Waals surface area contributed by atoms with Crippen molar-refractivity contribution in [1.82, 2.24) is 14.8 Å². The Hall–Kier alpha value is -0.940. The summed E-state index contributed by atoms with van der Waals surface area (Å²) in [6.45, 7) is 5.99. The highest BCUT2D eigenvalue weighted by molar-refractivity contribution is 7.13. The topological polar surface area (TPSA) is 36.4 Å². The van der Waals surface area contributed by atoms with Crippen LogP contribution in [0.2, 0.25) is 0 Å². The smallest absolute Gasteiger partial charge is 0.265 e. The third-order valence-electron chi connectivity index (χ3n) is 4.31. The van der Waals surface area contributed by atoms with Crippen LogP contribution in [0.3, 0.4) is 0 Å². The minimum Gasteiger partial charge on any atom is -0.335 e. The first-order valence-corrected chi connectivity index (χ1v) is 7.85. The molecule has 4 nitrogen and oxygen atoms in total. The number of carbonyl (C=O) groups excluding carboxylic acids is 1. The molecule has 1 saturated heterocycles. The van der Waals surface area contributed by atoms with Gasteiger partial charge in [-0.25, -0.2) is 4.98 Å². The Kier molecular flexibility index (Phi) is 3.35. The van der Waals surface area contributed by atoms with Crippen LogP contribution in [-0.4, -0.2) is 52.9 Å². The average Bonchev–Trinajstić information content (AvgIpc) is 3.12. The summed E-state index contributed by atoms with van der Waals surface area (Å²) in [6, 6.07) is 0.840. The van der Waals surface area contributed by atoms with Crippen molar-refractivity contribution in [3.63, 3.8) is 0 Å². The number of nitrogens with zero attached hydrogens (tertiary/aromatic N) is 3. The van der Waals surface area contributed by atoms with Crippen molar-refractivity contribution >= 4 is 17.2 Å². The highest BCUT2D eigenvalue weighted by Gasteiger charge is 2.32. The van der Waals surface area contributed by atoms with Crippen molar-refractivity contribution < 1.29 is 4.79 Å². The molecular weight excluding hydrogens is 258 g/mol. The molecular formula is C14H21N3OS. The lowest BCUT2D eigenvalue weighted by atomic mass is 10.1. The second-order valence-corrected chi connectivity index (χ2v) is 6.97. The summed E-state index contributed by atoms with van der Waals surface area (Å²) in [5.41, 5.74) is 0. The predicted octanol–water partition coefficient (Wildman–Crippen LogP) is 2.19. The Labute approximate surface area is 118 Å². The number of thiazole rings is 1. The first-order valence-electron chi connectivity index (χ1n) is 7.03. The van der Waals surface area contributed by atoms with Gasteiger partial charge in [-0.05, 0) is 33.7 Å². The molecule has 0 N–H and O–H groups in total. The molecule has 0 radical (unpaired) electrons. The van der Waals surface area contributed by atoms with E-state index in [0.29, 0.717) is 18.0 Å². The lowest BCUT2D eigenvalue weighted by Crippen LogP contribution is -2.56. The molecule has 0 spiro atoms. The maximum atomic E-state index is 12.5. The van der Waals surface area contributed by atoms with E-state index < -0.39 is 0 Å². The van der Waals surface area contributed by atoms with Gasteiger partial charge in [0.15, 0.2) is 0 Å². The third kappa shape index (κ3) is 2.54. The first-order chi connectivity index (χ1) is 9.06. The fourth-order valence-corrected chi connectivity index (χ4v) is 3.69. The number of hydrogen-bond acceptors (Lipinski definition) is 4. The molecule has 1 amide bonds. The molecule has 1 aliphatic carbocycles. The summed E-state index contributed by atoms with van der Waals surface area (Å²) in [4.78, 5) is 22.1. The van der Waals surface area contributed by atoms with E-state index in [-0.39, 0.29) is 5.91 Å². The summed E-state index contributed by atoms with van der Waals surface area (Å²) >= 11 is 1.59. The molecule has 1 aromatic rings. The van der Waals surface area contributed by atoms with Crippen molar-refractivity contribution in [2.24, 2.45) is 0 Å². The van der Waals surface area contributed by atoms with Gasteiger partial charge < -0.3 is 4.90 Å². The van der Waals surface area contributed by atoms with E-state index in [4.69, 9.17) is 0 Å². The van der Waals surface area contributed by atoms with Gasteiger partial charge in [-0.15, -0.1) is 11.3 Å². The van der Waals surface area contributed by atoms with Gasteiger partial charge in [-0.1, -0.05) is 0 Å². The second kappa shape index (κ2) is 4.87. The van der Waals surface area contributed by atoms with Crippen molar-refractivity contribution in [2.45, 2.75) is 44.7 Å². The fourth-order valence-electron chi connectivity index (χ4n) is 2.63. The number of carbonyl (C=O) groups is 1. The zero-order valence-corrected chi connectivity index (χ0v) is 12.6. The van der Waals surface area contributed by atoms with E-state index in [1.807, 2.05) is 4.90 Å². The SMILES string of the molecule is CC1CN(C(=O)c2cnc(C3CC3)s2)CC(C)N1C. The Morgan fingerprint density at radius 2 is 1.95 bits per heavy atom. The Morgan fingerprint density at radius 1 is 1.32 bits per heavy atom. The van der Waals surface area contributed by atoms with Gasteiger partial charge in [0.25, 0.3) is 5.91 Å². The van der Waals surface area contributed by atoms with E-state index in [1.165, 1.54) is 12.8 Å². The van der Waals surface area contributed by atoms with Gasteiger partial charge in [0.1, 0.15) is 4.88 Å². The Bertz CT molecular complexity index is 471. The molecule has 2 aliphatic rings. The van der Waals surface area contributed by atoms with E-state index in [9.17, 15) is 4.79 Å². The van der Waals surface area contributed by atoms with Crippen molar-refractivity contribution in [3.8, 4) is 0 Å². The molecule has 1 saturated carbocycles. The van der Waals surface area contributed by atoms with E-state index in [0.717, 1.165) is 23.0 Å². The Morgan fingerprint density at radius 3 is 2.53 bits per heavy atom. The lowest BCUT2D eigenvalue weighted by Gasteiger charge is -2.42. The number of likely N-dealkylation sites (N-methyl/N-ethyl adjacent to an activating group) is 1. The van der Waals surface area contributed by atoms with Crippen LogP contribution in [0.4, 0.5) is 0 Å². The molecule has 0 aromatic carbocycles. The molecule has 104 valence electrons. The number of piperazine rings is 1. The quantitative estimate of drug-likeness (QED) is 0.832. The summed E-state index contributed by atoms with van der Waals surface area (Å²) in [5, 5.41) is 1.15. The van der Waals surface area contributed by atoms with E-state index >= 15 is 0 Å². The van der Waals surface area contributed by atoms with Gasteiger partial charge >= 0.3 is 0 Å². The lowest BCUT2D eigenvalue weighted by molar-refractivity contribution is 0.0418. The van der Waals surface area contributed by atoms with Crippen LogP contribution in [0.5, 0.6) is 0 Å². The first kappa shape index (κ1) is 13.1. The van der Waals surface area contributed by atoms with Crippen molar-refractivity contribution in [3.05, 3.63) is 16.1 Å². The molecule has 2 atom stereocenters. The van der Waals surface area contributed by atoms with Crippen molar-refractivity contribution in [2.75, 3.05) is 20.1 Å².